The smallest absolute Gasteiger partial charge is 0.257 e. The van der Waals surface area contributed by atoms with Gasteiger partial charge in [-0.3, -0.25) is 9.69 Å². The van der Waals surface area contributed by atoms with Gasteiger partial charge in [0.25, 0.3) is 5.91 Å². The maximum atomic E-state index is 12.8. The minimum Gasteiger partial charge on any atom is -0.484 e. The molecule has 162 valence electrons. The van der Waals surface area contributed by atoms with E-state index in [1.807, 2.05) is 50.2 Å². The van der Waals surface area contributed by atoms with Crippen LogP contribution in [0.4, 0.5) is 0 Å². The first kappa shape index (κ1) is 22.3. The van der Waals surface area contributed by atoms with Crippen molar-refractivity contribution in [1.82, 2.24) is 14.5 Å². The van der Waals surface area contributed by atoms with Gasteiger partial charge in [0.2, 0.25) is 10.0 Å². The van der Waals surface area contributed by atoms with Gasteiger partial charge >= 0.3 is 0 Å². The molecule has 1 N–H and O–H groups in total. The molecule has 1 heterocycles. The van der Waals surface area contributed by atoms with Gasteiger partial charge in [0, 0.05) is 39.3 Å². The summed E-state index contributed by atoms with van der Waals surface area (Å²) in [5.41, 5.74) is 2.17. The van der Waals surface area contributed by atoms with E-state index in [0.29, 0.717) is 49.9 Å². The fraction of sp³-hybridized carbons (Fsp3) is 0.409. The Hall–Kier alpha value is -2.42. The number of benzene rings is 2. The number of amides is 1. The SMILES string of the molecule is Cc1ccc(OCC(=O)NCCN2CCN(S(=O)(=O)c3ccc(C)cc3)CC2)cc1. The summed E-state index contributed by atoms with van der Waals surface area (Å²) < 4.78 is 32.5. The zero-order chi connectivity index (χ0) is 21.6. The maximum Gasteiger partial charge on any atom is 0.257 e. The van der Waals surface area contributed by atoms with Crippen LogP contribution in [0.15, 0.2) is 53.4 Å². The summed E-state index contributed by atoms with van der Waals surface area (Å²) in [5, 5.41) is 2.85. The van der Waals surface area contributed by atoms with Crippen LogP contribution >= 0.6 is 0 Å². The summed E-state index contributed by atoms with van der Waals surface area (Å²) in [6.07, 6.45) is 0. The molecule has 1 aliphatic heterocycles. The number of ether oxygens (including phenoxy) is 1. The summed E-state index contributed by atoms with van der Waals surface area (Å²) in [4.78, 5) is 14.4. The molecule has 2 aromatic carbocycles. The average molecular weight is 432 g/mol. The molecule has 7 nitrogen and oxygen atoms in total. The third-order valence-corrected chi connectivity index (χ3v) is 7.04. The van der Waals surface area contributed by atoms with Crippen molar-refractivity contribution in [2.45, 2.75) is 18.7 Å². The predicted molar refractivity (Wildman–Crippen MR) is 116 cm³/mol. The lowest BCUT2D eigenvalue weighted by Crippen LogP contribution is -2.50. The molecule has 0 atom stereocenters. The van der Waals surface area contributed by atoms with Crippen molar-refractivity contribution in [3.05, 3.63) is 59.7 Å². The van der Waals surface area contributed by atoms with Gasteiger partial charge in [-0.05, 0) is 38.1 Å². The molecule has 3 rings (SSSR count). The Labute approximate surface area is 178 Å². The van der Waals surface area contributed by atoms with Crippen LogP contribution in [0.2, 0.25) is 0 Å². The Kier molecular flexibility index (Phi) is 7.47. The van der Waals surface area contributed by atoms with Crippen molar-refractivity contribution in [2.75, 3.05) is 45.9 Å². The van der Waals surface area contributed by atoms with Crippen molar-refractivity contribution in [3.63, 3.8) is 0 Å². The lowest BCUT2D eigenvalue weighted by Gasteiger charge is -2.34. The van der Waals surface area contributed by atoms with E-state index in [4.69, 9.17) is 4.74 Å². The van der Waals surface area contributed by atoms with Gasteiger partial charge in [0.1, 0.15) is 5.75 Å². The van der Waals surface area contributed by atoms with Crippen LogP contribution < -0.4 is 10.1 Å². The highest BCUT2D eigenvalue weighted by Gasteiger charge is 2.28. The topological polar surface area (TPSA) is 79.0 Å². The molecule has 8 heteroatoms. The van der Waals surface area contributed by atoms with E-state index in [2.05, 4.69) is 10.2 Å². The van der Waals surface area contributed by atoms with Crippen molar-refractivity contribution < 1.29 is 17.9 Å². The van der Waals surface area contributed by atoms with Gasteiger partial charge in [-0.1, -0.05) is 35.4 Å². The van der Waals surface area contributed by atoms with Crippen molar-refractivity contribution >= 4 is 15.9 Å². The van der Waals surface area contributed by atoms with E-state index in [9.17, 15) is 13.2 Å². The summed E-state index contributed by atoms with van der Waals surface area (Å²) >= 11 is 0. The summed E-state index contributed by atoms with van der Waals surface area (Å²) in [6.45, 7) is 7.25. The first-order chi connectivity index (χ1) is 14.3. The van der Waals surface area contributed by atoms with Gasteiger partial charge in [-0.25, -0.2) is 8.42 Å². The Balaban J connectivity index is 1.37. The first-order valence-corrected chi connectivity index (χ1v) is 11.5. The highest BCUT2D eigenvalue weighted by molar-refractivity contribution is 7.89. The van der Waals surface area contributed by atoms with Gasteiger partial charge in [0.15, 0.2) is 6.61 Å². The lowest BCUT2D eigenvalue weighted by molar-refractivity contribution is -0.123. The molecule has 30 heavy (non-hydrogen) atoms. The van der Waals surface area contributed by atoms with Crippen LogP contribution in [0, 0.1) is 13.8 Å². The molecule has 0 aliphatic carbocycles. The lowest BCUT2D eigenvalue weighted by atomic mass is 10.2. The highest BCUT2D eigenvalue weighted by atomic mass is 32.2. The molecule has 0 spiro atoms. The fourth-order valence-electron chi connectivity index (χ4n) is 3.24. The van der Waals surface area contributed by atoms with Crippen LogP contribution in [-0.2, 0) is 14.8 Å². The van der Waals surface area contributed by atoms with E-state index < -0.39 is 10.0 Å². The predicted octanol–water partition coefficient (Wildman–Crippen LogP) is 1.80. The zero-order valence-electron chi connectivity index (χ0n) is 17.5. The molecule has 1 aliphatic rings. The van der Waals surface area contributed by atoms with Crippen LogP contribution in [-0.4, -0.2) is 69.4 Å². The Morgan fingerprint density at radius 3 is 2.10 bits per heavy atom. The number of nitrogens with one attached hydrogen (secondary N) is 1. The Bertz CT molecular complexity index is 935. The van der Waals surface area contributed by atoms with Crippen LogP contribution in [0.1, 0.15) is 11.1 Å². The number of aryl methyl sites for hydroxylation is 2. The molecule has 0 bridgehead atoms. The van der Waals surface area contributed by atoms with Gasteiger partial charge in [-0.15, -0.1) is 0 Å². The van der Waals surface area contributed by atoms with Crippen molar-refractivity contribution in [3.8, 4) is 5.75 Å². The third kappa shape index (κ3) is 6.04. The summed E-state index contributed by atoms with van der Waals surface area (Å²) in [5.74, 6) is 0.498. The zero-order valence-corrected chi connectivity index (χ0v) is 18.3. The number of hydrogen-bond acceptors (Lipinski definition) is 5. The number of carbonyl (C=O) groups is 1. The molecule has 1 saturated heterocycles. The number of hydrogen-bond donors (Lipinski definition) is 1. The molecule has 0 radical (unpaired) electrons. The monoisotopic (exact) mass is 431 g/mol. The number of piperazine rings is 1. The van der Waals surface area contributed by atoms with Crippen LogP contribution in [0.3, 0.4) is 0 Å². The summed E-state index contributed by atoms with van der Waals surface area (Å²) in [6, 6.07) is 14.5. The van der Waals surface area contributed by atoms with Crippen LogP contribution in [0.5, 0.6) is 5.75 Å². The molecule has 2 aromatic rings. The highest BCUT2D eigenvalue weighted by Crippen LogP contribution is 2.18. The summed E-state index contributed by atoms with van der Waals surface area (Å²) in [7, 11) is -3.45. The largest absolute Gasteiger partial charge is 0.484 e. The van der Waals surface area contributed by atoms with Crippen LogP contribution in [0.25, 0.3) is 0 Å². The van der Waals surface area contributed by atoms with Gasteiger partial charge < -0.3 is 10.1 Å². The number of sulfonamides is 1. The maximum absolute atomic E-state index is 12.8. The van der Waals surface area contributed by atoms with E-state index in [1.54, 1.807) is 12.1 Å². The second kappa shape index (κ2) is 10.1. The van der Waals surface area contributed by atoms with Gasteiger partial charge in [-0.2, -0.15) is 4.31 Å². The van der Waals surface area contributed by atoms with Crippen molar-refractivity contribution in [2.24, 2.45) is 0 Å². The molecule has 0 saturated carbocycles. The second-order valence-corrected chi connectivity index (χ2v) is 9.45. The quantitative estimate of drug-likeness (QED) is 0.690. The van der Waals surface area contributed by atoms with E-state index in [-0.39, 0.29) is 12.5 Å². The molecule has 1 fully saturated rings. The first-order valence-electron chi connectivity index (χ1n) is 10.1. The number of carbonyl (C=O) groups excluding carboxylic acids is 1. The standard InChI is InChI=1S/C22H29N3O4S/c1-18-3-7-20(8-4-18)29-17-22(26)23-11-12-24-13-15-25(16-14-24)30(27,28)21-9-5-19(2)6-10-21/h3-10H,11-17H2,1-2H3,(H,23,26). The second-order valence-electron chi connectivity index (χ2n) is 7.51. The average Bonchev–Trinajstić information content (AvgIpc) is 2.74. The third-order valence-electron chi connectivity index (χ3n) is 5.13. The van der Waals surface area contributed by atoms with E-state index in [0.717, 1.165) is 11.1 Å². The van der Waals surface area contributed by atoms with Crippen molar-refractivity contribution in [1.29, 1.82) is 0 Å². The molecule has 0 unspecified atom stereocenters. The number of rotatable bonds is 8. The fourth-order valence-corrected chi connectivity index (χ4v) is 4.66. The molecular formula is C22H29N3O4S. The molecule has 1 amide bonds. The van der Waals surface area contributed by atoms with E-state index >= 15 is 0 Å². The Morgan fingerprint density at radius 2 is 1.50 bits per heavy atom. The Morgan fingerprint density at radius 1 is 0.933 bits per heavy atom. The molecular weight excluding hydrogens is 402 g/mol. The van der Waals surface area contributed by atoms with Gasteiger partial charge in [0.05, 0.1) is 4.90 Å². The normalized spacial score (nSPS) is 15.7. The minimum atomic E-state index is -3.45. The molecule has 0 aromatic heterocycles. The number of nitrogens with zero attached hydrogens (tertiary/aromatic N) is 2. The van der Waals surface area contributed by atoms with E-state index in [1.165, 1.54) is 4.31 Å². The minimum absolute atomic E-state index is 0.0222.